The number of hydrogen-bond donors (Lipinski definition) is 2. The Bertz CT molecular complexity index is 733. The number of esters is 1. The number of rotatable bonds is 8. The first kappa shape index (κ1) is 19.2. The standard InChI is InChI=1S/C17H20ClN3O3S/c1-11(2)7-8-19-17-21-14(10-25-17)16(23)24-9-15(22)20-13-6-4-3-5-12(13)18/h3-6,10-11H,7-9H2,1-2H3,(H,19,21)(H,20,22). The lowest BCUT2D eigenvalue weighted by Crippen LogP contribution is -2.21. The minimum atomic E-state index is -0.637. The van der Waals surface area contributed by atoms with Crippen LogP contribution in [-0.4, -0.2) is 30.0 Å². The van der Waals surface area contributed by atoms with Crippen molar-refractivity contribution in [2.75, 3.05) is 23.8 Å². The fourth-order valence-electron chi connectivity index (χ4n) is 1.87. The highest BCUT2D eigenvalue weighted by Gasteiger charge is 2.14. The molecule has 0 bridgehead atoms. The first-order valence-electron chi connectivity index (χ1n) is 7.86. The first-order valence-corrected chi connectivity index (χ1v) is 9.12. The number of anilines is 2. The van der Waals surface area contributed by atoms with Crippen LogP contribution in [0.2, 0.25) is 5.02 Å². The van der Waals surface area contributed by atoms with E-state index in [0.717, 1.165) is 13.0 Å². The van der Waals surface area contributed by atoms with E-state index >= 15 is 0 Å². The van der Waals surface area contributed by atoms with Gasteiger partial charge < -0.3 is 15.4 Å². The highest BCUT2D eigenvalue weighted by atomic mass is 35.5. The number of thiazole rings is 1. The zero-order valence-electron chi connectivity index (χ0n) is 14.0. The van der Waals surface area contributed by atoms with E-state index in [4.69, 9.17) is 16.3 Å². The van der Waals surface area contributed by atoms with E-state index in [0.29, 0.717) is 21.8 Å². The summed E-state index contributed by atoms with van der Waals surface area (Å²) in [4.78, 5) is 27.9. The van der Waals surface area contributed by atoms with Gasteiger partial charge in [-0.25, -0.2) is 9.78 Å². The molecule has 0 aliphatic rings. The summed E-state index contributed by atoms with van der Waals surface area (Å²) in [6.07, 6.45) is 1.02. The van der Waals surface area contributed by atoms with Crippen LogP contribution in [0, 0.1) is 5.92 Å². The molecule has 0 atom stereocenters. The zero-order valence-corrected chi connectivity index (χ0v) is 15.6. The van der Waals surface area contributed by atoms with E-state index in [9.17, 15) is 9.59 Å². The van der Waals surface area contributed by atoms with Gasteiger partial charge in [-0.15, -0.1) is 11.3 Å². The lowest BCUT2D eigenvalue weighted by Gasteiger charge is -2.07. The zero-order chi connectivity index (χ0) is 18.2. The Labute approximate surface area is 155 Å². The second kappa shape index (κ2) is 9.39. The molecule has 0 saturated heterocycles. The molecule has 0 saturated carbocycles. The van der Waals surface area contributed by atoms with Gasteiger partial charge in [0, 0.05) is 11.9 Å². The van der Waals surface area contributed by atoms with Gasteiger partial charge in [0.15, 0.2) is 17.4 Å². The van der Waals surface area contributed by atoms with Crippen LogP contribution in [0.15, 0.2) is 29.6 Å². The number of carbonyl (C=O) groups is 2. The highest BCUT2D eigenvalue weighted by molar-refractivity contribution is 7.13. The Kier molecular flexibility index (Phi) is 7.21. The van der Waals surface area contributed by atoms with Gasteiger partial charge in [-0.05, 0) is 24.5 Å². The van der Waals surface area contributed by atoms with Gasteiger partial charge in [0.25, 0.3) is 5.91 Å². The van der Waals surface area contributed by atoms with Gasteiger partial charge in [0.2, 0.25) is 0 Å². The maximum absolute atomic E-state index is 12.0. The average Bonchev–Trinajstić information content (AvgIpc) is 3.03. The van der Waals surface area contributed by atoms with Crippen molar-refractivity contribution in [1.82, 2.24) is 4.98 Å². The van der Waals surface area contributed by atoms with Crippen LogP contribution >= 0.6 is 22.9 Å². The van der Waals surface area contributed by atoms with Crippen LogP contribution in [0.4, 0.5) is 10.8 Å². The summed E-state index contributed by atoms with van der Waals surface area (Å²) in [5.41, 5.74) is 0.651. The average molecular weight is 382 g/mol. The number of benzene rings is 1. The van der Waals surface area contributed by atoms with E-state index in [2.05, 4.69) is 29.5 Å². The van der Waals surface area contributed by atoms with Gasteiger partial charge in [0.05, 0.1) is 10.7 Å². The number of para-hydroxylation sites is 1. The third-order valence-electron chi connectivity index (χ3n) is 3.19. The second-order valence-corrected chi connectivity index (χ2v) is 7.02. The lowest BCUT2D eigenvalue weighted by molar-refractivity contribution is -0.119. The molecule has 2 N–H and O–H groups in total. The molecule has 0 aliphatic heterocycles. The number of nitrogens with one attached hydrogen (secondary N) is 2. The van der Waals surface area contributed by atoms with Crippen molar-refractivity contribution >= 4 is 45.6 Å². The summed E-state index contributed by atoms with van der Waals surface area (Å²) in [7, 11) is 0. The fraction of sp³-hybridized carbons (Fsp3) is 0.353. The van der Waals surface area contributed by atoms with Crippen LogP contribution in [0.1, 0.15) is 30.8 Å². The Balaban J connectivity index is 1.79. The number of ether oxygens (including phenoxy) is 1. The van der Waals surface area contributed by atoms with Crippen LogP contribution < -0.4 is 10.6 Å². The topological polar surface area (TPSA) is 80.3 Å². The quantitative estimate of drug-likeness (QED) is 0.674. The summed E-state index contributed by atoms with van der Waals surface area (Å²) >= 11 is 7.28. The Hall–Kier alpha value is -2.12. The Morgan fingerprint density at radius 2 is 2.08 bits per heavy atom. The summed E-state index contributed by atoms with van der Waals surface area (Å²) in [5.74, 6) is -0.511. The summed E-state index contributed by atoms with van der Waals surface area (Å²) in [5, 5.41) is 8.42. The molecule has 0 fully saturated rings. The molecule has 8 heteroatoms. The van der Waals surface area contributed by atoms with E-state index in [-0.39, 0.29) is 5.69 Å². The van der Waals surface area contributed by atoms with Crippen LogP contribution in [0.5, 0.6) is 0 Å². The molecule has 6 nitrogen and oxygen atoms in total. The molecule has 0 aliphatic carbocycles. The maximum atomic E-state index is 12.0. The van der Waals surface area contributed by atoms with E-state index in [1.165, 1.54) is 11.3 Å². The molecule has 1 aromatic carbocycles. The predicted octanol–water partition coefficient (Wildman–Crippen LogP) is 4.05. The third-order valence-corrected chi connectivity index (χ3v) is 4.32. The van der Waals surface area contributed by atoms with E-state index in [1.54, 1.807) is 29.6 Å². The van der Waals surface area contributed by atoms with Crippen LogP contribution in [0.3, 0.4) is 0 Å². The van der Waals surface area contributed by atoms with Gasteiger partial charge >= 0.3 is 5.97 Å². The molecule has 1 amide bonds. The van der Waals surface area contributed by atoms with Crippen molar-refractivity contribution < 1.29 is 14.3 Å². The molecular formula is C17H20ClN3O3S. The number of nitrogens with zero attached hydrogens (tertiary/aromatic N) is 1. The van der Waals surface area contributed by atoms with Crippen LogP contribution in [0.25, 0.3) is 0 Å². The van der Waals surface area contributed by atoms with Crippen LogP contribution in [-0.2, 0) is 9.53 Å². The minimum Gasteiger partial charge on any atom is -0.451 e. The maximum Gasteiger partial charge on any atom is 0.358 e. The third kappa shape index (κ3) is 6.36. The largest absolute Gasteiger partial charge is 0.451 e. The fourth-order valence-corrected chi connectivity index (χ4v) is 2.76. The first-order chi connectivity index (χ1) is 12.0. The Morgan fingerprint density at radius 3 is 2.80 bits per heavy atom. The lowest BCUT2D eigenvalue weighted by atomic mass is 10.1. The number of hydrogen-bond acceptors (Lipinski definition) is 6. The molecular weight excluding hydrogens is 362 g/mol. The van der Waals surface area contributed by atoms with E-state index < -0.39 is 18.5 Å². The number of halogens is 1. The summed E-state index contributed by atoms with van der Waals surface area (Å²) in [6.45, 7) is 4.66. The molecule has 134 valence electrons. The van der Waals surface area contributed by atoms with Gasteiger partial charge in [-0.1, -0.05) is 37.6 Å². The van der Waals surface area contributed by atoms with E-state index in [1.807, 2.05) is 0 Å². The van der Waals surface area contributed by atoms with Gasteiger partial charge in [-0.3, -0.25) is 4.79 Å². The second-order valence-electron chi connectivity index (χ2n) is 5.75. The highest BCUT2D eigenvalue weighted by Crippen LogP contribution is 2.20. The predicted molar refractivity (Wildman–Crippen MR) is 100 cm³/mol. The minimum absolute atomic E-state index is 0.183. The summed E-state index contributed by atoms with van der Waals surface area (Å²) in [6, 6.07) is 6.83. The van der Waals surface area contributed by atoms with Crippen molar-refractivity contribution in [2.45, 2.75) is 20.3 Å². The molecule has 0 spiro atoms. The molecule has 1 aromatic heterocycles. The molecule has 2 rings (SSSR count). The normalized spacial score (nSPS) is 10.6. The van der Waals surface area contributed by atoms with Crippen molar-refractivity contribution in [2.24, 2.45) is 5.92 Å². The van der Waals surface area contributed by atoms with Crippen molar-refractivity contribution in [1.29, 1.82) is 0 Å². The van der Waals surface area contributed by atoms with Crippen molar-refractivity contribution in [3.63, 3.8) is 0 Å². The molecule has 2 aromatic rings. The Morgan fingerprint density at radius 1 is 1.32 bits per heavy atom. The molecule has 1 heterocycles. The van der Waals surface area contributed by atoms with Gasteiger partial charge in [-0.2, -0.15) is 0 Å². The molecule has 0 radical (unpaired) electrons. The van der Waals surface area contributed by atoms with Crippen molar-refractivity contribution in [3.05, 3.63) is 40.4 Å². The summed E-state index contributed by atoms with van der Waals surface area (Å²) < 4.78 is 4.98. The smallest absolute Gasteiger partial charge is 0.358 e. The number of carbonyl (C=O) groups excluding carboxylic acids is 2. The van der Waals surface area contributed by atoms with Crippen molar-refractivity contribution in [3.8, 4) is 0 Å². The molecule has 25 heavy (non-hydrogen) atoms. The molecule has 0 unspecified atom stereocenters. The SMILES string of the molecule is CC(C)CCNc1nc(C(=O)OCC(=O)Nc2ccccc2Cl)cs1. The number of amides is 1. The van der Waals surface area contributed by atoms with Gasteiger partial charge in [0.1, 0.15) is 0 Å². The number of aromatic nitrogens is 1. The monoisotopic (exact) mass is 381 g/mol.